The van der Waals surface area contributed by atoms with Crippen molar-refractivity contribution < 1.29 is 8.42 Å². The van der Waals surface area contributed by atoms with Crippen LogP contribution in [0.3, 0.4) is 0 Å². The van der Waals surface area contributed by atoms with Crippen LogP contribution in [0.1, 0.15) is 0 Å². The first-order valence-corrected chi connectivity index (χ1v) is 8.72. The summed E-state index contributed by atoms with van der Waals surface area (Å²) in [6.07, 6.45) is 1.76. The zero-order valence-corrected chi connectivity index (χ0v) is 13.5. The van der Waals surface area contributed by atoms with Gasteiger partial charge < -0.3 is 0 Å². The Labute approximate surface area is 141 Å². The maximum Gasteiger partial charge on any atom is 0.276 e. The fourth-order valence-corrected chi connectivity index (χ4v) is 3.59. The lowest BCUT2D eigenvalue weighted by Gasteiger charge is -2.16. The van der Waals surface area contributed by atoms with Crippen LogP contribution < -0.4 is 4.31 Å². The van der Waals surface area contributed by atoms with Gasteiger partial charge in [-0.15, -0.1) is 0 Å². The predicted molar refractivity (Wildman–Crippen MR) is 93.6 cm³/mol. The van der Waals surface area contributed by atoms with E-state index in [0.29, 0.717) is 5.69 Å². The van der Waals surface area contributed by atoms with Gasteiger partial charge in [0.2, 0.25) is 0 Å². The second kappa shape index (κ2) is 6.57. The van der Waals surface area contributed by atoms with Crippen LogP contribution in [-0.4, -0.2) is 8.42 Å². The van der Waals surface area contributed by atoms with Crippen molar-refractivity contribution in [3.05, 3.63) is 84.9 Å². The fourth-order valence-electron chi connectivity index (χ4n) is 2.37. The van der Waals surface area contributed by atoms with Crippen molar-refractivity contribution in [3.63, 3.8) is 0 Å². The number of hydrogen-bond donors (Lipinski definition) is 0. The average molecular weight is 334 g/mol. The van der Waals surface area contributed by atoms with E-state index in [1.807, 2.05) is 30.3 Å². The molecule has 0 radical (unpaired) electrons. The van der Waals surface area contributed by atoms with E-state index in [0.717, 1.165) is 15.4 Å². The number of anilines is 1. The van der Waals surface area contributed by atoms with Gasteiger partial charge in [0.05, 0.1) is 10.6 Å². The molecule has 0 saturated carbocycles. The van der Waals surface area contributed by atoms with Crippen LogP contribution in [-0.2, 0) is 10.0 Å². The molecule has 118 valence electrons. The molecular formula is C19H14N2O2S. The normalized spacial score (nSPS) is 10.8. The van der Waals surface area contributed by atoms with Gasteiger partial charge in [0.25, 0.3) is 10.0 Å². The van der Waals surface area contributed by atoms with Crippen molar-refractivity contribution in [2.24, 2.45) is 0 Å². The van der Waals surface area contributed by atoms with Gasteiger partial charge >= 0.3 is 0 Å². The lowest BCUT2D eigenvalue weighted by molar-refractivity contribution is 0.596. The Kier molecular flexibility index (Phi) is 4.32. The molecular weight excluding hydrogens is 320 g/mol. The van der Waals surface area contributed by atoms with Gasteiger partial charge in [0.1, 0.15) is 0 Å². The molecule has 0 atom stereocenters. The molecule has 24 heavy (non-hydrogen) atoms. The molecule has 4 nitrogen and oxygen atoms in total. The number of benzene rings is 3. The fraction of sp³-hybridized carbons (Fsp3) is 0. The Bertz CT molecular complexity index is 961. The van der Waals surface area contributed by atoms with Crippen molar-refractivity contribution in [2.75, 3.05) is 4.31 Å². The Balaban J connectivity index is 1.97. The zero-order chi connectivity index (χ0) is 17.0. The third-order valence-corrected chi connectivity index (χ3v) is 5.22. The van der Waals surface area contributed by atoms with Gasteiger partial charge in [-0.2, -0.15) is 18.0 Å². The summed E-state index contributed by atoms with van der Waals surface area (Å²) in [6.45, 7) is 0. The van der Waals surface area contributed by atoms with Crippen LogP contribution in [0.4, 0.5) is 5.69 Å². The third-order valence-electron chi connectivity index (χ3n) is 3.58. The molecule has 3 aromatic rings. The van der Waals surface area contributed by atoms with Crippen LogP contribution in [0.2, 0.25) is 0 Å². The molecule has 0 fully saturated rings. The van der Waals surface area contributed by atoms with Crippen molar-refractivity contribution in [2.45, 2.75) is 4.90 Å². The Morgan fingerprint density at radius 2 is 1.21 bits per heavy atom. The minimum atomic E-state index is -3.91. The number of sulfonamides is 1. The first-order valence-electron chi connectivity index (χ1n) is 7.28. The number of hydrogen-bond acceptors (Lipinski definition) is 3. The summed E-state index contributed by atoms with van der Waals surface area (Å²) in [6, 6.07) is 24.5. The van der Waals surface area contributed by atoms with E-state index in [4.69, 9.17) is 0 Å². The lowest BCUT2D eigenvalue weighted by Crippen LogP contribution is -2.25. The molecule has 3 aromatic carbocycles. The largest absolute Gasteiger partial charge is 0.276 e. The number of nitrogens with zero attached hydrogens (tertiary/aromatic N) is 2. The highest BCUT2D eigenvalue weighted by molar-refractivity contribution is 7.93. The van der Waals surface area contributed by atoms with Gasteiger partial charge in [-0.3, -0.25) is 0 Å². The summed E-state index contributed by atoms with van der Waals surface area (Å²) in [4.78, 5) is 0.0821. The quantitative estimate of drug-likeness (QED) is 0.534. The van der Waals surface area contributed by atoms with Gasteiger partial charge in [0, 0.05) is 0 Å². The van der Waals surface area contributed by atoms with E-state index in [2.05, 4.69) is 0 Å². The van der Waals surface area contributed by atoms with Crippen LogP contribution in [0.5, 0.6) is 0 Å². The summed E-state index contributed by atoms with van der Waals surface area (Å²) in [5, 5.41) is 9.36. The zero-order valence-electron chi connectivity index (χ0n) is 12.7. The topological polar surface area (TPSA) is 61.2 Å². The van der Waals surface area contributed by atoms with E-state index in [-0.39, 0.29) is 4.90 Å². The van der Waals surface area contributed by atoms with Crippen molar-refractivity contribution in [1.29, 1.82) is 5.26 Å². The van der Waals surface area contributed by atoms with E-state index < -0.39 is 10.0 Å². The molecule has 0 aliphatic rings. The van der Waals surface area contributed by atoms with Crippen LogP contribution in [0, 0.1) is 11.5 Å². The average Bonchev–Trinajstić information content (AvgIpc) is 2.64. The number of nitriles is 1. The molecule has 5 heteroatoms. The standard InChI is InChI=1S/C19H14N2O2S/c20-15-21(24(22,23)19-9-5-2-6-10-19)18-13-11-17(12-14-18)16-7-3-1-4-8-16/h1-14H. The molecule has 0 saturated heterocycles. The van der Waals surface area contributed by atoms with Crippen molar-refractivity contribution in [1.82, 2.24) is 0 Å². The Hall–Kier alpha value is -3.10. The molecule has 0 heterocycles. The van der Waals surface area contributed by atoms with Gasteiger partial charge in [-0.1, -0.05) is 60.7 Å². The summed E-state index contributed by atoms with van der Waals surface area (Å²) >= 11 is 0. The van der Waals surface area contributed by atoms with Gasteiger partial charge in [0.15, 0.2) is 6.19 Å². The smallest absolute Gasteiger partial charge is 0.200 e. The van der Waals surface area contributed by atoms with Crippen molar-refractivity contribution in [3.8, 4) is 17.3 Å². The summed E-state index contributed by atoms with van der Waals surface area (Å²) < 4.78 is 26.0. The lowest BCUT2D eigenvalue weighted by atomic mass is 10.1. The minimum absolute atomic E-state index is 0.0821. The predicted octanol–water partition coefficient (Wildman–Crippen LogP) is 4.03. The van der Waals surface area contributed by atoms with E-state index >= 15 is 0 Å². The molecule has 0 aliphatic carbocycles. The molecule has 0 N–H and O–H groups in total. The maximum atomic E-state index is 12.6. The Morgan fingerprint density at radius 3 is 1.75 bits per heavy atom. The molecule has 0 bridgehead atoms. The van der Waals surface area contributed by atoms with Crippen LogP contribution >= 0.6 is 0 Å². The second-order valence-electron chi connectivity index (χ2n) is 5.10. The second-order valence-corrected chi connectivity index (χ2v) is 6.88. The van der Waals surface area contributed by atoms with E-state index in [9.17, 15) is 13.7 Å². The van der Waals surface area contributed by atoms with Crippen LogP contribution in [0.25, 0.3) is 11.1 Å². The van der Waals surface area contributed by atoms with Gasteiger partial charge in [-0.25, -0.2) is 0 Å². The third kappa shape index (κ3) is 3.00. The monoisotopic (exact) mass is 334 g/mol. The highest BCUT2D eigenvalue weighted by Crippen LogP contribution is 2.26. The summed E-state index contributed by atoms with van der Waals surface area (Å²) in [5.74, 6) is 0. The summed E-state index contributed by atoms with van der Waals surface area (Å²) in [7, 11) is -3.91. The molecule has 0 unspecified atom stereocenters. The molecule has 0 aliphatic heterocycles. The maximum absolute atomic E-state index is 12.6. The SMILES string of the molecule is N#CN(c1ccc(-c2ccccc2)cc1)S(=O)(=O)c1ccccc1. The van der Waals surface area contributed by atoms with E-state index in [1.54, 1.807) is 48.7 Å². The first-order chi connectivity index (χ1) is 11.6. The number of rotatable bonds is 4. The molecule has 3 rings (SSSR count). The minimum Gasteiger partial charge on any atom is -0.200 e. The van der Waals surface area contributed by atoms with Crippen molar-refractivity contribution >= 4 is 15.7 Å². The summed E-state index contributed by atoms with van der Waals surface area (Å²) in [5.41, 5.74) is 2.29. The Morgan fingerprint density at radius 1 is 0.708 bits per heavy atom. The van der Waals surface area contributed by atoms with Gasteiger partial charge in [-0.05, 0) is 35.4 Å². The molecule has 0 amide bonds. The highest BCUT2D eigenvalue weighted by atomic mass is 32.2. The molecule has 0 aromatic heterocycles. The van der Waals surface area contributed by atoms with E-state index in [1.165, 1.54) is 12.1 Å². The highest BCUT2D eigenvalue weighted by Gasteiger charge is 2.24. The molecule has 0 spiro atoms. The first kappa shape index (κ1) is 15.8. The van der Waals surface area contributed by atoms with Crippen LogP contribution in [0.15, 0.2) is 89.8 Å².